The summed E-state index contributed by atoms with van der Waals surface area (Å²) in [5.74, 6) is -1.66. The third-order valence-corrected chi connectivity index (χ3v) is 3.02. The summed E-state index contributed by atoms with van der Waals surface area (Å²) >= 11 is 0. The summed E-state index contributed by atoms with van der Waals surface area (Å²) < 4.78 is 4.86. The summed E-state index contributed by atoms with van der Waals surface area (Å²) in [5.41, 5.74) is -0.590. The summed E-state index contributed by atoms with van der Waals surface area (Å²) in [7, 11) is 1.38. The highest BCUT2D eigenvalue weighted by molar-refractivity contribution is 6.06. The van der Waals surface area contributed by atoms with E-state index in [1.807, 2.05) is 0 Å². The van der Waals surface area contributed by atoms with E-state index in [2.05, 4.69) is 15.5 Å². The predicted molar refractivity (Wildman–Crippen MR) is 71.5 cm³/mol. The fourth-order valence-corrected chi connectivity index (χ4v) is 1.92. The van der Waals surface area contributed by atoms with Crippen LogP contribution in [0.2, 0.25) is 0 Å². The zero-order valence-electron chi connectivity index (χ0n) is 11.1. The van der Waals surface area contributed by atoms with Crippen molar-refractivity contribution in [3.8, 4) is 0 Å². The second-order valence-corrected chi connectivity index (χ2v) is 4.66. The zero-order chi connectivity index (χ0) is 14.8. The molecule has 1 amide bonds. The van der Waals surface area contributed by atoms with Crippen molar-refractivity contribution in [2.75, 3.05) is 13.7 Å². The van der Waals surface area contributed by atoms with Crippen LogP contribution in [0, 0.1) is 0 Å². The molecule has 0 radical (unpaired) electrons. The highest BCUT2D eigenvalue weighted by Crippen LogP contribution is 2.16. The summed E-state index contributed by atoms with van der Waals surface area (Å²) in [4.78, 5) is 23.6. The van der Waals surface area contributed by atoms with Crippen LogP contribution in [0.15, 0.2) is 24.4 Å². The number of fused-ring (bicyclic) bond motifs is 1. The Hall–Kier alpha value is -2.41. The van der Waals surface area contributed by atoms with Gasteiger partial charge in [-0.3, -0.25) is 9.89 Å². The Morgan fingerprint density at radius 1 is 1.50 bits per heavy atom. The number of H-pyrrole nitrogens is 1. The number of para-hydroxylation sites is 1. The average molecular weight is 277 g/mol. The van der Waals surface area contributed by atoms with Gasteiger partial charge in [-0.05, 0) is 13.0 Å². The van der Waals surface area contributed by atoms with E-state index in [0.717, 1.165) is 5.39 Å². The van der Waals surface area contributed by atoms with Crippen LogP contribution in [0.3, 0.4) is 0 Å². The minimum absolute atomic E-state index is 0.132. The molecule has 1 atom stereocenters. The fourth-order valence-electron chi connectivity index (χ4n) is 1.92. The molecule has 2 rings (SSSR count). The van der Waals surface area contributed by atoms with Crippen molar-refractivity contribution in [3.63, 3.8) is 0 Å². The normalized spacial score (nSPS) is 13.9. The molecular weight excluding hydrogens is 262 g/mol. The number of carbonyl (C=O) groups is 2. The van der Waals surface area contributed by atoms with Crippen molar-refractivity contribution in [3.05, 3.63) is 30.0 Å². The maximum Gasteiger partial charge on any atom is 0.331 e. The number of carboxylic acids is 1. The van der Waals surface area contributed by atoms with Crippen molar-refractivity contribution >= 4 is 22.8 Å². The van der Waals surface area contributed by atoms with Gasteiger partial charge in [-0.1, -0.05) is 12.1 Å². The SMILES string of the molecule is COCC(C)(NC(=O)c1cccc2cn[nH]c12)C(=O)O. The maximum atomic E-state index is 12.3. The van der Waals surface area contributed by atoms with E-state index in [1.165, 1.54) is 14.0 Å². The molecule has 1 heterocycles. The molecule has 0 aliphatic carbocycles. The maximum absolute atomic E-state index is 12.3. The number of aromatic amines is 1. The minimum atomic E-state index is -1.49. The Kier molecular flexibility index (Phi) is 3.71. The number of rotatable bonds is 5. The smallest absolute Gasteiger partial charge is 0.331 e. The molecule has 0 spiro atoms. The van der Waals surface area contributed by atoms with E-state index in [0.29, 0.717) is 11.1 Å². The molecular formula is C13H15N3O4. The Morgan fingerprint density at radius 3 is 2.90 bits per heavy atom. The van der Waals surface area contributed by atoms with Crippen molar-refractivity contribution in [2.24, 2.45) is 0 Å². The molecule has 7 nitrogen and oxygen atoms in total. The molecule has 0 aliphatic heterocycles. The van der Waals surface area contributed by atoms with Crippen LogP contribution in [0.25, 0.3) is 10.9 Å². The molecule has 1 aromatic heterocycles. The lowest BCUT2D eigenvalue weighted by Gasteiger charge is -2.25. The van der Waals surface area contributed by atoms with Crippen molar-refractivity contribution in [1.82, 2.24) is 15.5 Å². The van der Waals surface area contributed by atoms with Crippen LogP contribution in [-0.2, 0) is 9.53 Å². The van der Waals surface area contributed by atoms with Gasteiger partial charge in [-0.2, -0.15) is 5.10 Å². The minimum Gasteiger partial charge on any atom is -0.479 e. The van der Waals surface area contributed by atoms with Gasteiger partial charge >= 0.3 is 5.97 Å². The number of amides is 1. The number of ether oxygens (including phenoxy) is 1. The number of hydrogen-bond acceptors (Lipinski definition) is 4. The number of nitrogens with zero attached hydrogens (tertiary/aromatic N) is 1. The van der Waals surface area contributed by atoms with Gasteiger partial charge in [0.25, 0.3) is 5.91 Å². The molecule has 2 aromatic rings. The van der Waals surface area contributed by atoms with Crippen LogP contribution >= 0.6 is 0 Å². The molecule has 0 saturated heterocycles. The molecule has 7 heteroatoms. The number of methoxy groups -OCH3 is 1. The summed E-state index contributed by atoms with van der Waals surface area (Å²) in [6.07, 6.45) is 1.59. The Balaban J connectivity index is 2.32. The fraction of sp³-hybridized carbons (Fsp3) is 0.308. The van der Waals surface area contributed by atoms with Crippen molar-refractivity contribution in [1.29, 1.82) is 0 Å². The van der Waals surface area contributed by atoms with Crippen LogP contribution < -0.4 is 5.32 Å². The highest BCUT2D eigenvalue weighted by atomic mass is 16.5. The number of aromatic nitrogens is 2. The Morgan fingerprint density at radius 2 is 2.25 bits per heavy atom. The van der Waals surface area contributed by atoms with Crippen LogP contribution in [0.1, 0.15) is 17.3 Å². The third-order valence-electron chi connectivity index (χ3n) is 3.02. The lowest BCUT2D eigenvalue weighted by Crippen LogP contribution is -2.55. The van der Waals surface area contributed by atoms with Crippen LogP contribution in [0.5, 0.6) is 0 Å². The van der Waals surface area contributed by atoms with E-state index in [9.17, 15) is 14.7 Å². The number of carbonyl (C=O) groups excluding carboxylic acids is 1. The highest BCUT2D eigenvalue weighted by Gasteiger charge is 2.35. The lowest BCUT2D eigenvalue weighted by atomic mass is 10.0. The second-order valence-electron chi connectivity index (χ2n) is 4.66. The van der Waals surface area contributed by atoms with Gasteiger partial charge in [0.15, 0.2) is 5.54 Å². The second kappa shape index (κ2) is 5.30. The quantitative estimate of drug-likeness (QED) is 0.749. The molecule has 0 saturated carbocycles. The molecule has 3 N–H and O–H groups in total. The van der Waals surface area contributed by atoms with Gasteiger partial charge in [0, 0.05) is 12.5 Å². The summed E-state index contributed by atoms with van der Waals surface area (Å²) in [5, 5.41) is 19.1. The molecule has 20 heavy (non-hydrogen) atoms. The first-order valence-corrected chi connectivity index (χ1v) is 5.95. The van der Waals surface area contributed by atoms with Gasteiger partial charge in [0.05, 0.1) is 23.9 Å². The number of carboxylic acid groups (broad SMARTS) is 1. The monoisotopic (exact) mass is 277 g/mol. The molecule has 1 unspecified atom stereocenters. The summed E-state index contributed by atoms with van der Waals surface area (Å²) in [6, 6.07) is 5.12. The number of benzene rings is 1. The first-order chi connectivity index (χ1) is 9.48. The largest absolute Gasteiger partial charge is 0.479 e. The Bertz CT molecular complexity index is 652. The molecule has 0 fully saturated rings. The molecule has 0 aliphatic rings. The first-order valence-electron chi connectivity index (χ1n) is 5.95. The first kappa shape index (κ1) is 14.0. The summed E-state index contributed by atoms with van der Waals surface area (Å²) in [6.45, 7) is 1.26. The van der Waals surface area contributed by atoms with E-state index in [-0.39, 0.29) is 6.61 Å². The van der Waals surface area contributed by atoms with Gasteiger partial charge in [-0.15, -0.1) is 0 Å². The topological polar surface area (TPSA) is 104 Å². The van der Waals surface area contributed by atoms with Crippen molar-refractivity contribution < 1.29 is 19.4 Å². The third kappa shape index (κ3) is 2.48. The molecule has 0 bridgehead atoms. The average Bonchev–Trinajstić information content (AvgIpc) is 2.86. The van der Waals surface area contributed by atoms with Gasteiger partial charge < -0.3 is 15.2 Å². The number of nitrogens with one attached hydrogen (secondary N) is 2. The van der Waals surface area contributed by atoms with Gasteiger partial charge in [-0.25, -0.2) is 4.79 Å². The van der Waals surface area contributed by atoms with E-state index in [1.54, 1.807) is 24.4 Å². The zero-order valence-corrected chi connectivity index (χ0v) is 11.1. The van der Waals surface area contributed by atoms with Gasteiger partial charge in [0.1, 0.15) is 0 Å². The van der Waals surface area contributed by atoms with E-state index >= 15 is 0 Å². The van der Waals surface area contributed by atoms with E-state index < -0.39 is 17.4 Å². The molecule has 1 aromatic carbocycles. The number of aliphatic carboxylic acids is 1. The van der Waals surface area contributed by atoms with Crippen molar-refractivity contribution in [2.45, 2.75) is 12.5 Å². The Labute approximate surface area is 114 Å². The van der Waals surface area contributed by atoms with Crippen LogP contribution in [-0.4, -0.2) is 46.4 Å². The standard InChI is InChI=1S/C13H15N3O4/c1-13(7-20-2,12(18)19)15-11(17)9-5-3-4-8-6-14-16-10(8)9/h3-6H,7H2,1-2H3,(H,14,16)(H,15,17)(H,18,19). The molecule has 106 valence electrons. The lowest BCUT2D eigenvalue weighted by molar-refractivity contribution is -0.145. The van der Waals surface area contributed by atoms with E-state index in [4.69, 9.17) is 4.74 Å². The predicted octanol–water partition coefficient (Wildman–Crippen LogP) is 0.782. The van der Waals surface area contributed by atoms with Crippen LogP contribution in [0.4, 0.5) is 0 Å². The number of hydrogen-bond donors (Lipinski definition) is 3. The van der Waals surface area contributed by atoms with Gasteiger partial charge in [0.2, 0.25) is 0 Å².